The molecule has 1 atom stereocenters. The highest BCUT2D eigenvalue weighted by molar-refractivity contribution is 7.87. The minimum absolute atomic E-state index is 0.406. The maximum atomic E-state index is 12.1. The molecule has 98 valence electrons. The molecule has 2 rings (SSSR count). The van der Waals surface area contributed by atoms with Crippen LogP contribution in [0.25, 0.3) is 0 Å². The van der Waals surface area contributed by atoms with Gasteiger partial charge in [0.25, 0.3) is 10.2 Å². The molecule has 0 spiro atoms. The van der Waals surface area contributed by atoms with Gasteiger partial charge in [-0.15, -0.1) is 6.58 Å². The zero-order valence-electron chi connectivity index (χ0n) is 10.5. The highest BCUT2D eigenvalue weighted by Crippen LogP contribution is 2.22. The minimum Gasteiger partial charge on any atom is -0.195 e. The molecule has 1 saturated heterocycles. The molecule has 0 aliphatic carbocycles. The fourth-order valence-electron chi connectivity index (χ4n) is 1.98. The van der Waals surface area contributed by atoms with Crippen molar-refractivity contribution in [2.75, 3.05) is 6.54 Å². The monoisotopic (exact) mass is 266 g/mol. The van der Waals surface area contributed by atoms with Crippen LogP contribution in [0.3, 0.4) is 0 Å². The van der Waals surface area contributed by atoms with Gasteiger partial charge < -0.3 is 0 Å². The van der Waals surface area contributed by atoms with E-state index in [1.54, 1.807) is 6.08 Å². The average molecular weight is 266 g/mol. The molecule has 0 radical (unpaired) electrons. The fourth-order valence-corrected chi connectivity index (χ4v) is 3.54. The second-order valence-electron chi connectivity index (χ2n) is 4.80. The van der Waals surface area contributed by atoms with Crippen molar-refractivity contribution in [2.24, 2.45) is 0 Å². The number of hydrogen-bond donors (Lipinski definition) is 1. The lowest BCUT2D eigenvalue weighted by Gasteiger charge is -2.37. The van der Waals surface area contributed by atoms with Crippen LogP contribution in [0.1, 0.15) is 18.9 Å². The molecule has 0 saturated carbocycles. The molecule has 1 heterocycles. The summed E-state index contributed by atoms with van der Waals surface area (Å²) in [6, 6.07) is 9.59. The van der Waals surface area contributed by atoms with Crippen LogP contribution in [0.5, 0.6) is 0 Å². The third kappa shape index (κ3) is 2.80. The molecule has 1 aromatic rings. The Hall–Kier alpha value is -1.17. The summed E-state index contributed by atoms with van der Waals surface area (Å²) in [6.45, 7) is 6.44. The van der Waals surface area contributed by atoms with Crippen LogP contribution in [-0.2, 0) is 16.8 Å². The Morgan fingerprint density at radius 2 is 2.11 bits per heavy atom. The maximum Gasteiger partial charge on any atom is 0.280 e. The molecule has 0 aromatic heterocycles. The Kier molecular flexibility index (Phi) is 3.56. The van der Waals surface area contributed by atoms with E-state index in [0.717, 1.165) is 12.0 Å². The van der Waals surface area contributed by atoms with E-state index in [-0.39, 0.29) is 0 Å². The predicted molar refractivity (Wildman–Crippen MR) is 72.1 cm³/mol. The standard InChI is InChI=1S/C13H18N2O2S/c1-3-13(2)9-10-15(18(16,17)14-13)11-12-7-5-4-6-8-12/h3-8,14H,1,9-11H2,2H3. The summed E-state index contributed by atoms with van der Waals surface area (Å²) in [4.78, 5) is 0. The third-order valence-corrected chi connectivity index (χ3v) is 4.95. The van der Waals surface area contributed by atoms with Crippen molar-refractivity contribution >= 4 is 10.2 Å². The van der Waals surface area contributed by atoms with Crippen LogP contribution >= 0.6 is 0 Å². The van der Waals surface area contributed by atoms with Gasteiger partial charge >= 0.3 is 0 Å². The predicted octanol–water partition coefficient (Wildman–Crippen LogP) is 1.67. The number of nitrogens with zero attached hydrogens (tertiary/aromatic N) is 1. The first-order valence-corrected chi connectivity index (χ1v) is 7.36. The first kappa shape index (κ1) is 13.3. The third-order valence-electron chi connectivity index (χ3n) is 3.23. The van der Waals surface area contributed by atoms with Crippen molar-refractivity contribution in [3.8, 4) is 0 Å². The molecular weight excluding hydrogens is 248 g/mol. The van der Waals surface area contributed by atoms with Crippen LogP contribution in [0.2, 0.25) is 0 Å². The number of nitrogens with one attached hydrogen (secondary N) is 1. The molecule has 1 aliphatic heterocycles. The van der Waals surface area contributed by atoms with Gasteiger partial charge in [-0.1, -0.05) is 36.4 Å². The Morgan fingerprint density at radius 1 is 1.44 bits per heavy atom. The van der Waals surface area contributed by atoms with Crippen molar-refractivity contribution in [1.29, 1.82) is 0 Å². The Morgan fingerprint density at radius 3 is 2.67 bits per heavy atom. The first-order chi connectivity index (χ1) is 8.45. The lowest BCUT2D eigenvalue weighted by atomic mass is 10.00. The van der Waals surface area contributed by atoms with Gasteiger partial charge in [0.15, 0.2) is 0 Å². The number of rotatable bonds is 3. The van der Waals surface area contributed by atoms with E-state index in [9.17, 15) is 8.42 Å². The summed E-state index contributed by atoms with van der Waals surface area (Å²) in [6.07, 6.45) is 2.38. The van der Waals surface area contributed by atoms with Gasteiger partial charge in [-0.3, -0.25) is 0 Å². The molecule has 1 aliphatic rings. The van der Waals surface area contributed by atoms with Gasteiger partial charge in [-0.25, -0.2) is 0 Å². The van der Waals surface area contributed by atoms with Gasteiger partial charge in [-0.05, 0) is 18.9 Å². The topological polar surface area (TPSA) is 49.4 Å². The number of hydrogen-bond acceptors (Lipinski definition) is 2. The Bertz CT molecular complexity index is 527. The molecule has 1 unspecified atom stereocenters. The van der Waals surface area contributed by atoms with Crippen molar-refractivity contribution < 1.29 is 8.42 Å². The van der Waals surface area contributed by atoms with Gasteiger partial charge in [0, 0.05) is 13.1 Å². The molecule has 1 aromatic carbocycles. The number of benzene rings is 1. The quantitative estimate of drug-likeness (QED) is 0.846. The van der Waals surface area contributed by atoms with E-state index < -0.39 is 15.7 Å². The summed E-state index contributed by atoms with van der Waals surface area (Å²) in [5, 5.41) is 0. The molecule has 1 N–H and O–H groups in total. The van der Waals surface area contributed by atoms with Crippen LogP contribution in [0.4, 0.5) is 0 Å². The van der Waals surface area contributed by atoms with Gasteiger partial charge in [0.05, 0.1) is 5.54 Å². The lowest BCUT2D eigenvalue weighted by Crippen LogP contribution is -2.57. The average Bonchev–Trinajstić information content (AvgIpc) is 2.34. The summed E-state index contributed by atoms with van der Waals surface area (Å²) in [5.41, 5.74) is 0.455. The molecule has 1 fully saturated rings. The molecule has 0 bridgehead atoms. The summed E-state index contributed by atoms with van der Waals surface area (Å²) >= 11 is 0. The summed E-state index contributed by atoms with van der Waals surface area (Å²) in [7, 11) is -3.43. The van der Waals surface area contributed by atoms with Crippen molar-refractivity contribution in [3.63, 3.8) is 0 Å². The lowest BCUT2D eigenvalue weighted by molar-refractivity contribution is 0.307. The van der Waals surface area contributed by atoms with Gasteiger partial charge in [0.1, 0.15) is 0 Å². The second-order valence-corrected chi connectivity index (χ2v) is 6.47. The maximum absolute atomic E-state index is 12.1. The van der Waals surface area contributed by atoms with E-state index in [0.29, 0.717) is 13.1 Å². The van der Waals surface area contributed by atoms with Crippen LogP contribution < -0.4 is 4.72 Å². The Balaban J connectivity index is 2.15. The van der Waals surface area contributed by atoms with E-state index in [1.165, 1.54) is 4.31 Å². The molecule has 18 heavy (non-hydrogen) atoms. The van der Waals surface area contributed by atoms with E-state index in [4.69, 9.17) is 0 Å². The van der Waals surface area contributed by atoms with Crippen molar-refractivity contribution in [1.82, 2.24) is 9.03 Å². The summed E-state index contributed by atoms with van der Waals surface area (Å²) in [5.74, 6) is 0. The zero-order chi connectivity index (χ0) is 13.2. The van der Waals surface area contributed by atoms with Crippen molar-refractivity contribution in [2.45, 2.75) is 25.4 Å². The minimum atomic E-state index is -3.43. The van der Waals surface area contributed by atoms with E-state index in [2.05, 4.69) is 11.3 Å². The van der Waals surface area contributed by atoms with Crippen LogP contribution in [0.15, 0.2) is 43.0 Å². The van der Waals surface area contributed by atoms with Crippen LogP contribution in [-0.4, -0.2) is 24.8 Å². The van der Waals surface area contributed by atoms with Gasteiger partial charge in [-0.2, -0.15) is 17.4 Å². The Labute approximate surface area is 108 Å². The molecule has 0 amide bonds. The normalized spacial score (nSPS) is 27.8. The van der Waals surface area contributed by atoms with E-state index >= 15 is 0 Å². The second kappa shape index (κ2) is 4.84. The smallest absolute Gasteiger partial charge is 0.195 e. The largest absolute Gasteiger partial charge is 0.280 e. The molecule has 5 heteroatoms. The van der Waals surface area contributed by atoms with Crippen LogP contribution in [0, 0.1) is 0 Å². The van der Waals surface area contributed by atoms with Crippen molar-refractivity contribution in [3.05, 3.63) is 48.6 Å². The SMILES string of the molecule is C=CC1(C)CCN(Cc2ccccc2)S(=O)(=O)N1. The molecule has 4 nitrogen and oxygen atoms in total. The first-order valence-electron chi connectivity index (χ1n) is 5.92. The summed E-state index contributed by atoms with van der Waals surface area (Å²) < 4.78 is 28.4. The molecular formula is C13H18N2O2S. The zero-order valence-corrected chi connectivity index (χ0v) is 11.3. The van der Waals surface area contributed by atoms with E-state index in [1.807, 2.05) is 37.3 Å². The fraction of sp³-hybridized carbons (Fsp3) is 0.385. The van der Waals surface area contributed by atoms with Gasteiger partial charge in [0.2, 0.25) is 0 Å². The highest BCUT2D eigenvalue weighted by atomic mass is 32.2. The highest BCUT2D eigenvalue weighted by Gasteiger charge is 2.36.